The molecule has 0 aliphatic rings. The molecule has 0 radical (unpaired) electrons. The summed E-state index contributed by atoms with van der Waals surface area (Å²) in [6.45, 7) is 13.0. The highest BCUT2D eigenvalue weighted by atomic mass is 16.4. The Balaban J connectivity index is 1.03. The molecule has 0 aliphatic heterocycles. The minimum Gasteiger partial charge on any atom is -0.452 e. The van der Waals surface area contributed by atoms with Crippen molar-refractivity contribution in [3.63, 3.8) is 0 Å². The van der Waals surface area contributed by atoms with E-state index in [9.17, 15) is 0 Å². The Kier molecular flexibility index (Phi) is 8.15. The molecule has 4 heteroatoms. The average Bonchev–Trinajstić information content (AvgIpc) is 3.81. The molecule has 2 aromatic heterocycles. The second kappa shape index (κ2) is 13.6. The van der Waals surface area contributed by atoms with Gasteiger partial charge in [0.1, 0.15) is 11.2 Å². The lowest BCUT2D eigenvalue weighted by Crippen LogP contribution is -2.11. The molecule has 0 amide bonds. The molecule has 0 saturated heterocycles. The summed E-state index contributed by atoms with van der Waals surface area (Å²) in [4.78, 5) is 4.72. The van der Waals surface area contributed by atoms with E-state index in [1.807, 2.05) is 0 Å². The topological polar surface area (TPSA) is 32.8 Å². The number of nitrogens with zero attached hydrogens (tertiary/aromatic N) is 2. The van der Waals surface area contributed by atoms with Crippen LogP contribution in [0.1, 0.15) is 33.4 Å². The lowest BCUT2D eigenvalue weighted by atomic mass is 10.0. The van der Waals surface area contributed by atoms with Crippen molar-refractivity contribution in [2.75, 3.05) is 9.80 Å². The second-order valence-corrected chi connectivity index (χ2v) is 16.6. The molecule has 0 unspecified atom stereocenters. The van der Waals surface area contributed by atoms with Gasteiger partial charge in [0.25, 0.3) is 0 Å². The molecule has 11 aromatic rings. The van der Waals surface area contributed by atoms with Gasteiger partial charge in [-0.2, -0.15) is 0 Å². The predicted molar refractivity (Wildman–Crippen MR) is 254 cm³/mol. The van der Waals surface area contributed by atoms with Gasteiger partial charge in [0.05, 0.1) is 0 Å². The van der Waals surface area contributed by atoms with Crippen molar-refractivity contribution in [3.8, 4) is 0 Å². The van der Waals surface area contributed by atoms with Crippen molar-refractivity contribution < 1.29 is 8.83 Å². The first-order valence-corrected chi connectivity index (χ1v) is 20.7. The van der Waals surface area contributed by atoms with E-state index in [0.717, 1.165) is 88.2 Å². The molecule has 0 atom stereocenters. The van der Waals surface area contributed by atoms with Crippen LogP contribution >= 0.6 is 0 Å². The fraction of sp³-hybridized carbons (Fsp3) is 0.107. The number of aryl methyl sites for hydroxylation is 4. The minimum atomic E-state index is 0.774. The molecular formula is C56H44N2O2. The van der Waals surface area contributed by atoms with Crippen molar-refractivity contribution in [2.24, 2.45) is 0 Å². The van der Waals surface area contributed by atoms with Crippen molar-refractivity contribution >= 4 is 99.5 Å². The molecule has 290 valence electrons. The molecule has 0 fully saturated rings. The van der Waals surface area contributed by atoms with E-state index >= 15 is 0 Å². The average molecular weight is 777 g/mol. The Bertz CT molecular complexity index is 3260. The Morgan fingerprint density at radius 1 is 0.333 bits per heavy atom. The van der Waals surface area contributed by atoms with Gasteiger partial charge in [-0.15, -0.1) is 0 Å². The number of rotatable bonds is 6. The Morgan fingerprint density at radius 3 is 1.15 bits per heavy atom. The van der Waals surface area contributed by atoms with Crippen LogP contribution in [0.25, 0.3) is 65.4 Å². The Hall–Kier alpha value is -7.30. The number of furan rings is 2. The van der Waals surface area contributed by atoms with Crippen LogP contribution in [0, 0.1) is 41.5 Å². The molecule has 9 aromatic carbocycles. The SMILES string of the molecule is Cc1ccc(N(c2ccc3cc4c(cc3c2)oc2c4ccc3c4cc5ccc(N(c6ccc(C)cc6)c6cccc(C)c6C)cc5cc4oc32)c2cccc(C)c2C)cc1. The normalized spacial score (nSPS) is 11.8. The number of hydrogen-bond donors (Lipinski definition) is 0. The van der Waals surface area contributed by atoms with E-state index in [1.165, 1.54) is 44.8 Å². The minimum absolute atomic E-state index is 0.774. The molecule has 0 saturated carbocycles. The van der Waals surface area contributed by atoms with Gasteiger partial charge in [0.2, 0.25) is 0 Å². The van der Waals surface area contributed by atoms with E-state index in [1.54, 1.807) is 0 Å². The molecular weight excluding hydrogens is 733 g/mol. The zero-order valence-electron chi connectivity index (χ0n) is 34.7. The standard InChI is InChI=1S/C56H44N2O2/c1-33-13-19-43(20-14-33)57(51-11-7-9-35(3)37(51)5)45-23-17-39-29-49-47-25-26-48-50-30-40-18-24-46(58(44-21-15-34(2)16-22-44)52-12-8-10-36(4)38(52)6)28-42(40)32-54(50)60-56(48)55(47)59-53(49)31-41(39)27-45/h7-32H,1-6H3. The summed E-state index contributed by atoms with van der Waals surface area (Å²) >= 11 is 0. The van der Waals surface area contributed by atoms with Gasteiger partial charge in [-0.25, -0.2) is 0 Å². The van der Waals surface area contributed by atoms with Crippen LogP contribution < -0.4 is 9.80 Å². The highest BCUT2D eigenvalue weighted by Crippen LogP contribution is 2.44. The largest absolute Gasteiger partial charge is 0.452 e. The van der Waals surface area contributed by atoms with Crippen LogP contribution in [0.5, 0.6) is 0 Å². The molecule has 0 spiro atoms. The molecule has 4 nitrogen and oxygen atoms in total. The van der Waals surface area contributed by atoms with E-state index in [-0.39, 0.29) is 0 Å². The third-order valence-electron chi connectivity index (χ3n) is 12.7. The summed E-state index contributed by atoms with van der Waals surface area (Å²) in [5.74, 6) is 0. The van der Waals surface area contributed by atoms with Crippen LogP contribution in [0.15, 0.2) is 167 Å². The van der Waals surface area contributed by atoms with Gasteiger partial charge in [0.15, 0.2) is 11.2 Å². The number of benzene rings is 9. The number of anilines is 6. The lowest BCUT2D eigenvalue weighted by molar-refractivity contribution is 0.634. The highest BCUT2D eigenvalue weighted by molar-refractivity contribution is 6.21. The summed E-state index contributed by atoms with van der Waals surface area (Å²) in [7, 11) is 0. The van der Waals surface area contributed by atoms with E-state index in [0.29, 0.717) is 0 Å². The lowest BCUT2D eigenvalue weighted by Gasteiger charge is -2.28. The van der Waals surface area contributed by atoms with Gasteiger partial charge in [0, 0.05) is 55.7 Å². The van der Waals surface area contributed by atoms with Gasteiger partial charge in [-0.1, -0.05) is 71.8 Å². The molecule has 2 heterocycles. The number of fused-ring (bicyclic) bond motifs is 9. The summed E-state index contributed by atoms with van der Waals surface area (Å²) in [6, 6.07) is 57.3. The molecule has 0 N–H and O–H groups in total. The monoisotopic (exact) mass is 776 g/mol. The van der Waals surface area contributed by atoms with E-state index in [2.05, 4.69) is 209 Å². The van der Waals surface area contributed by atoms with E-state index < -0.39 is 0 Å². The van der Waals surface area contributed by atoms with Gasteiger partial charge < -0.3 is 18.6 Å². The van der Waals surface area contributed by atoms with Gasteiger partial charge in [-0.05, 0) is 182 Å². The van der Waals surface area contributed by atoms with Crippen LogP contribution in [0.3, 0.4) is 0 Å². The van der Waals surface area contributed by atoms with Crippen LogP contribution in [-0.2, 0) is 0 Å². The quantitative estimate of drug-likeness (QED) is 0.168. The zero-order chi connectivity index (χ0) is 40.8. The summed E-state index contributed by atoms with van der Waals surface area (Å²) < 4.78 is 13.6. The fourth-order valence-corrected chi connectivity index (χ4v) is 9.00. The van der Waals surface area contributed by atoms with Gasteiger partial charge in [-0.3, -0.25) is 0 Å². The second-order valence-electron chi connectivity index (χ2n) is 16.6. The maximum atomic E-state index is 6.78. The van der Waals surface area contributed by atoms with Crippen LogP contribution in [0.2, 0.25) is 0 Å². The van der Waals surface area contributed by atoms with E-state index in [4.69, 9.17) is 8.83 Å². The smallest absolute Gasteiger partial charge is 0.178 e. The molecule has 0 aliphatic carbocycles. The maximum Gasteiger partial charge on any atom is 0.178 e. The first-order valence-electron chi connectivity index (χ1n) is 20.7. The summed E-state index contributed by atoms with van der Waals surface area (Å²) in [6.07, 6.45) is 0. The van der Waals surface area contributed by atoms with Crippen molar-refractivity contribution in [2.45, 2.75) is 41.5 Å². The molecule has 60 heavy (non-hydrogen) atoms. The third-order valence-corrected chi connectivity index (χ3v) is 12.7. The highest BCUT2D eigenvalue weighted by Gasteiger charge is 2.21. The Labute approximate surface area is 349 Å². The summed E-state index contributed by atoms with van der Waals surface area (Å²) in [5.41, 5.74) is 17.5. The molecule has 0 bridgehead atoms. The first-order chi connectivity index (χ1) is 29.2. The predicted octanol–water partition coefficient (Wildman–Crippen LogP) is 16.6. The molecule has 11 rings (SSSR count). The van der Waals surface area contributed by atoms with Gasteiger partial charge >= 0.3 is 0 Å². The van der Waals surface area contributed by atoms with Crippen LogP contribution in [-0.4, -0.2) is 0 Å². The Morgan fingerprint density at radius 2 is 0.733 bits per heavy atom. The maximum absolute atomic E-state index is 6.78. The van der Waals surface area contributed by atoms with Crippen molar-refractivity contribution in [1.29, 1.82) is 0 Å². The summed E-state index contributed by atoms with van der Waals surface area (Å²) in [5, 5.41) is 8.80. The zero-order valence-corrected chi connectivity index (χ0v) is 34.7. The number of hydrogen-bond acceptors (Lipinski definition) is 4. The first kappa shape index (κ1) is 35.8. The van der Waals surface area contributed by atoms with Crippen molar-refractivity contribution in [1.82, 2.24) is 0 Å². The van der Waals surface area contributed by atoms with Crippen molar-refractivity contribution in [3.05, 3.63) is 191 Å². The third kappa shape index (κ3) is 5.74. The van der Waals surface area contributed by atoms with Crippen LogP contribution in [0.4, 0.5) is 34.1 Å². The fourth-order valence-electron chi connectivity index (χ4n) is 9.00.